The zero-order valence-electron chi connectivity index (χ0n) is 15.6. The Balaban J connectivity index is 1.55. The van der Waals surface area contributed by atoms with Gasteiger partial charge in [0.25, 0.3) is 0 Å². The van der Waals surface area contributed by atoms with Crippen LogP contribution in [0.2, 0.25) is 0 Å². The Labute approximate surface area is 155 Å². The second-order valence-corrected chi connectivity index (χ2v) is 9.35. The van der Waals surface area contributed by atoms with E-state index in [4.69, 9.17) is 0 Å². The predicted molar refractivity (Wildman–Crippen MR) is 100 cm³/mol. The smallest absolute Gasteiger partial charge is 0.155 e. The molecule has 0 saturated heterocycles. The SMILES string of the molecule is CCC12CCC3C4CCC(=O)C=C4C=CC3C1[C@@H]1C[C@@H]1C2(O)/C=C\CO. The average Bonchev–Trinajstić information content (AvgIpc) is 3.41. The van der Waals surface area contributed by atoms with Crippen LogP contribution in [0.25, 0.3) is 0 Å². The molecular formula is C23H30O3. The summed E-state index contributed by atoms with van der Waals surface area (Å²) in [5, 5.41) is 21.0. The quantitative estimate of drug-likeness (QED) is 0.764. The van der Waals surface area contributed by atoms with Crippen LogP contribution in [0, 0.1) is 40.9 Å². The fourth-order valence-electron chi connectivity index (χ4n) is 7.70. The van der Waals surface area contributed by atoms with Gasteiger partial charge in [-0.25, -0.2) is 0 Å². The van der Waals surface area contributed by atoms with Crippen LogP contribution in [0.5, 0.6) is 0 Å². The molecule has 0 aliphatic heterocycles. The summed E-state index contributed by atoms with van der Waals surface area (Å²) in [6, 6.07) is 0. The number of carbonyl (C=O) groups is 1. The highest BCUT2D eigenvalue weighted by molar-refractivity contribution is 5.91. The van der Waals surface area contributed by atoms with Gasteiger partial charge in [-0.15, -0.1) is 0 Å². The van der Waals surface area contributed by atoms with Gasteiger partial charge >= 0.3 is 0 Å². The van der Waals surface area contributed by atoms with E-state index in [1.807, 2.05) is 12.2 Å². The Hall–Kier alpha value is -1.19. The molecule has 5 aliphatic carbocycles. The number of hydrogen-bond donors (Lipinski definition) is 2. The maximum atomic E-state index is 11.8. The normalized spacial score (nSPS) is 51.5. The van der Waals surface area contributed by atoms with E-state index in [0.29, 0.717) is 41.9 Å². The summed E-state index contributed by atoms with van der Waals surface area (Å²) >= 11 is 0. The molecule has 3 heteroatoms. The standard InChI is InChI=1S/C23H30O3/c1-2-22-10-8-17-16-7-5-15(25)12-14(16)4-6-18(17)21(22)19-13-20(19)23(22,26)9-3-11-24/h3-4,6,9,12,16-21,24,26H,2,5,7-8,10-11,13H2,1H3/b9-3-/t16?,17?,18?,19-,20+,21?,22?,23?/m1/s1. The van der Waals surface area contributed by atoms with Crippen molar-refractivity contribution in [2.75, 3.05) is 6.61 Å². The number of aliphatic hydroxyl groups is 2. The molecule has 3 nitrogen and oxygen atoms in total. The first-order chi connectivity index (χ1) is 12.6. The minimum Gasteiger partial charge on any atom is -0.392 e. The van der Waals surface area contributed by atoms with Crippen LogP contribution in [0.3, 0.4) is 0 Å². The molecule has 140 valence electrons. The van der Waals surface area contributed by atoms with Crippen molar-refractivity contribution in [3.05, 3.63) is 36.0 Å². The summed E-state index contributed by atoms with van der Waals surface area (Å²) in [6.07, 6.45) is 16.2. The summed E-state index contributed by atoms with van der Waals surface area (Å²) in [7, 11) is 0. The number of rotatable bonds is 3. The number of aliphatic hydroxyl groups excluding tert-OH is 1. The van der Waals surface area contributed by atoms with Gasteiger partial charge in [-0.3, -0.25) is 4.79 Å². The number of carbonyl (C=O) groups excluding carboxylic acids is 1. The van der Waals surface area contributed by atoms with Crippen molar-refractivity contribution in [1.29, 1.82) is 0 Å². The predicted octanol–water partition coefficient (Wildman–Crippen LogP) is 3.43. The van der Waals surface area contributed by atoms with E-state index >= 15 is 0 Å². The lowest BCUT2D eigenvalue weighted by atomic mass is 9.49. The lowest BCUT2D eigenvalue weighted by Gasteiger charge is -2.56. The van der Waals surface area contributed by atoms with Gasteiger partial charge in [0.1, 0.15) is 0 Å². The molecule has 0 amide bonds. The van der Waals surface area contributed by atoms with Crippen LogP contribution in [0.15, 0.2) is 36.0 Å². The van der Waals surface area contributed by atoms with Crippen molar-refractivity contribution in [2.24, 2.45) is 40.9 Å². The molecule has 0 bridgehead atoms. The fourth-order valence-corrected chi connectivity index (χ4v) is 7.70. The molecular weight excluding hydrogens is 324 g/mol. The van der Waals surface area contributed by atoms with Crippen molar-refractivity contribution >= 4 is 5.78 Å². The molecule has 26 heavy (non-hydrogen) atoms. The van der Waals surface area contributed by atoms with Gasteiger partial charge in [0.2, 0.25) is 0 Å². The van der Waals surface area contributed by atoms with E-state index in [2.05, 4.69) is 19.1 Å². The van der Waals surface area contributed by atoms with Crippen molar-refractivity contribution in [1.82, 2.24) is 0 Å². The number of ketones is 1. The van der Waals surface area contributed by atoms with E-state index in [-0.39, 0.29) is 17.8 Å². The third-order valence-electron chi connectivity index (χ3n) is 8.73. The van der Waals surface area contributed by atoms with Gasteiger partial charge < -0.3 is 10.2 Å². The number of hydrogen-bond acceptors (Lipinski definition) is 3. The molecule has 5 aliphatic rings. The van der Waals surface area contributed by atoms with Gasteiger partial charge in [-0.2, -0.15) is 0 Å². The summed E-state index contributed by atoms with van der Waals surface area (Å²) in [5.74, 6) is 3.52. The topological polar surface area (TPSA) is 57.5 Å². The van der Waals surface area contributed by atoms with E-state index in [1.165, 1.54) is 5.57 Å². The molecule has 3 fully saturated rings. The van der Waals surface area contributed by atoms with Crippen molar-refractivity contribution in [3.8, 4) is 0 Å². The van der Waals surface area contributed by atoms with Gasteiger partial charge in [-0.1, -0.05) is 31.2 Å². The molecule has 8 atom stereocenters. The highest BCUT2D eigenvalue weighted by Gasteiger charge is 2.75. The zero-order valence-corrected chi connectivity index (χ0v) is 15.6. The molecule has 6 unspecified atom stereocenters. The summed E-state index contributed by atoms with van der Waals surface area (Å²) < 4.78 is 0. The van der Waals surface area contributed by atoms with Crippen molar-refractivity contribution < 1.29 is 15.0 Å². The van der Waals surface area contributed by atoms with Crippen LogP contribution < -0.4 is 0 Å². The second-order valence-electron chi connectivity index (χ2n) is 9.35. The molecule has 0 aromatic rings. The van der Waals surface area contributed by atoms with Gasteiger partial charge in [-0.05, 0) is 79.3 Å². The van der Waals surface area contributed by atoms with Crippen molar-refractivity contribution in [3.63, 3.8) is 0 Å². The minimum absolute atomic E-state index is 0.000368. The Morgan fingerprint density at radius 3 is 2.92 bits per heavy atom. The third kappa shape index (κ3) is 1.99. The lowest BCUT2D eigenvalue weighted by Crippen LogP contribution is -2.55. The van der Waals surface area contributed by atoms with E-state index in [0.717, 1.165) is 32.1 Å². The van der Waals surface area contributed by atoms with Crippen LogP contribution in [-0.2, 0) is 4.79 Å². The molecule has 0 aromatic heterocycles. The van der Waals surface area contributed by atoms with Crippen LogP contribution >= 0.6 is 0 Å². The molecule has 2 N–H and O–H groups in total. The second kappa shape index (κ2) is 5.65. The van der Waals surface area contributed by atoms with Gasteiger partial charge in [0, 0.05) is 11.8 Å². The number of allylic oxidation sites excluding steroid dienone is 4. The molecule has 0 heterocycles. The van der Waals surface area contributed by atoms with Crippen LogP contribution in [-0.4, -0.2) is 28.2 Å². The van der Waals surface area contributed by atoms with E-state index < -0.39 is 5.60 Å². The zero-order chi connectivity index (χ0) is 18.1. The Morgan fingerprint density at radius 2 is 2.15 bits per heavy atom. The maximum Gasteiger partial charge on any atom is 0.155 e. The molecule has 0 radical (unpaired) electrons. The molecule has 0 aromatic carbocycles. The minimum atomic E-state index is -0.753. The summed E-state index contributed by atoms with van der Waals surface area (Å²) in [6.45, 7) is 2.24. The number of fused-ring (bicyclic) bond motifs is 7. The monoisotopic (exact) mass is 354 g/mol. The van der Waals surface area contributed by atoms with Crippen molar-refractivity contribution in [2.45, 2.75) is 51.0 Å². The highest BCUT2D eigenvalue weighted by Crippen LogP contribution is 2.76. The lowest BCUT2D eigenvalue weighted by molar-refractivity contribution is -0.118. The summed E-state index contributed by atoms with van der Waals surface area (Å²) in [5.41, 5.74) is 0.452. The first-order valence-corrected chi connectivity index (χ1v) is 10.5. The first kappa shape index (κ1) is 16.9. The van der Waals surface area contributed by atoms with Crippen LogP contribution in [0.4, 0.5) is 0 Å². The van der Waals surface area contributed by atoms with Crippen LogP contribution in [0.1, 0.15) is 45.4 Å². The highest BCUT2D eigenvalue weighted by atomic mass is 16.3. The van der Waals surface area contributed by atoms with Gasteiger partial charge in [0.05, 0.1) is 12.2 Å². The Kier molecular flexibility index (Phi) is 3.68. The molecule has 0 spiro atoms. The Bertz CT molecular complexity index is 719. The van der Waals surface area contributed by atoms with E-state index in [1.54, 1.807) is 6.08 Å². The molecule has 3 saturated carbocycles. The summed E-state index contributed by atoms with van der Waals surface area (Å²) in [4.78, 5) is 11.8. The molecule has 5 rings (SSSR count). The Morgan fingerprint density at radius 1 is 1.31 bits per heavy atom. The first-order valence-electron chi connectivity index (χ1n) is 10.5. The largest absolute Gasteiger partial charge is 0.392 e. The maximum absolute atomic E-state index is 11.8. The van der Waals surface area contributed by atoms with E-state index in [9.17, 15) is 15.0 Å². The third-order valence-corrected chi connectivity index (χ3v) is 8.73. The van der Waals surface area contributed by atoms with Gasteiger partial charge in [0.15, 0.2) is 5.78 Å². The average molecular weight is 354 g/mol. The fraction of sp³-hybridized carbons (Fsp3) is 0.696.